The summed E-state index contributed by atoms with van der Waals surface area (Å²) in [5.41, 5.74) is -0.742. The summed E-state index contributed by atoms with van der Waals surface area (Å²) in [6.45, 7) is 19.9. The second-order valence-electron chi connectivity index (χ2n) is 14.9. The lowest BCUT2D eigenvalue weighted by atomic mass is 9.33. The monoisotopic (exact) mass is 530 g/mol. The van der Waals surface area contributed by atoms with Crippen LogP contribution in [-0.4, -0.2) is 46.6 Å². The van der Waals surface area contributed by atoms with Gasteiger partial charge in [0.2, 0.25) is 0 Å². The van der Waals surface area contributed by atoms with E-state index < -0.39 is 23.1 Å². The summed E-state index contributed by atoms with van der Waals surface area (Å²) < 4.78 is 12.1. The van der Waals surface area contributed by atoms with Crippen molar-refractivity contribution in [2.75, 3.05) is 6.61 Å². The van der Waals surface area contributed by atoms with Gasteiger partial charge in [-0.05, 0) is 113 Å². The van der Waals surface area contributed by atoms with Gasteiger partial charge in [0.15, 0.2) is 0 Å². The van der Waals surface area contributed by atoms with Gasteiger partial charge in [-0.25, -0.2) is 0 Å². The lowest BCUT2D eigenvalue weighted by Gasteiger charge is -2.71. The third kappa shape index (κ3) is 3.44. The Bertz CT molecular complexity index is 1020. The molecule has 1 heterocycles. The summed E-state index contributed by atoms with van der Waals surface area (Å²) in [7, 11) is 0. The standard InChI is InChI=1S/C32H50O6/c1-9-37-24(34)17-23-31(8)22(28(4,5)38-23)11-12-30(7)26(31)21(33)16-20-25-19(18(2)3)10-13-32(25,27(35)36)15-14-29(20,30)6/h19-23,25-26,33H,2,9-17H2,1,3-8H3,(H,35,36)/t19-,20+,21+,22-,23+,25+,26-,29+,30+,31+,32-/m0/s1. The van der Waals surface area contributed by atoms with Crippen molar-refractivity contribution < 1.29 is 29.3 Å². The van der Waals surface area contributed by atoms with Crippen molar-refractivity contribution in [1.82, 2.24) is 0 Å². The van der Waals surface area contributed by atoms with Crippen molar-refractivity contribution in [2.24, 2.45) is 51.2 Å². The number of esters is 1. The van der Waals surface area contributed by atoms with Crippen LogP contribution in [0.1, 0.15) is 99.8 Å². The Hall–Kier alpha value is -1.40. The number of aliphatic carboxylic acids is 1. The zero-order valence-electron chi connectivity index (χ0n) is 24.6. The molecule has 4 saturated carbocycles. The Morgan fingerprint density at radius 1 is 1.03 bits per heavy atom. The molecule has 0 radical (unpaired) electrons. The molecular weight excluding hydrogens is 480 g/mol. The number of fused-ring (bicyclic) bond motifs is 7. The van der Waals surface area contributed by atoms with Crippen LogP contribution in [0.5, 0.6) is 0 Å². The highest BCUT2D eigenvalue weighted by atomic mass is 16.5. The number of hydrogen-bond donors (Lipinski definition) is 2. The molecular formula is C32H50O6. The van der Waals surface area contributed by atoms with Crippen LogP contribution in [0.2, 0.25) is 0 Å². The minimum absolute atomic E-state index is 0.000743. The molecule has 0 aromatic heterocycles. The number of carboxylic acids is 1. The summed E-state index contributed by atoms with van der Waals surface area (Å²) in [5.74, 6) is -0.424. The van der Waals surface area contributed by atoms with E-state index in [0.29, 0.717) is 25.9 Å². The predicted octanol–water partition coefficient (Wildman–Crippen LogP) is 6.01. The second kappa shape index (κ2) is 8.80. The van der Waals surface area contributed by atoms with Crippen LogP contribution < -0.4 is 0 Å². The van der Waals surface area contributed by atoms with Crippen molar-refractivity contribution in [2.45, 2.75) is 118 Å². The molecule has 6 nitrogen and oxygen atoms in total. The van der Waals surface area contributed by atoms with Gasteiger partial charge in [-0.2, -0.15) is 0 Å². The average Bonchev–Trinajstić information content (AvgIpc) is 3.29. The predicted molar refractivity (Wildman–Crippen MR) is 145 cm³/mol. The SMILES string of the molecule is C=C(C)[C@@H]1CC[C@]2(C(=O)O)CC[C@]3(C)[C@H](C[C@@H](O)[C@@H]4[C@@]5(C)[C@@H](CC(=O)OCC)OC(C)(C)[C@@H]5CC[C@]43C)[C@@H]12. The van der Waals surface area contributed by atoms with E-state index in [2.05, 4.69) is 48.1 Å². The summed E-state index contributed by atoms with van der Waals surface area (Å²) in [6.07, 6.45) is 4.99. The molecule has 0 bridgehead atoms. The Balaban J connectivity index is 1.60. The van der Waals surface area contributed by atoms with Gasteiger partial charge in [-0.15, -0.1) is 0 Å². The van der Waals surface area contributed by atoms with E-state index in [1.54, 1.807) is 0 Å². The Kier molecular flexibility index (Phi) is 6.52. The highest BCUT2D eigenvalue weighted by Crippen LogP contribution is 2.77. The molecule has 0 aromatic rings. The van der Waals surface area contributed by atoms with Gasteiger partial charge in [-0.1, -0.05) is 32.9 Å². The van der Waals surface area contributed by atoms with Crippen LogP contribution in [0.15, 0.2) is 12.2 Å². The van der Waals surface area contributed by atoms with Crippen molar-refractivity contribution in [3.05, 3.63) is 12.2 Å². The minimum Gasteiger partial charge on any atom is -0.481 e. The summed E-state index contributed by atoms with van der Waals surface area (Å²) in [6, 6.07) is 0. The molecule has 4 aliphatic carbocycles. The normalized spacial score (nSPS) is 50.8. The highest BCUT2D eigenvalue weighted by Gasteiger charge is 2.75. The number of aliphatic hydroxyl groups is 1. The zero-order chi connectivity index (χ0) is 28.1. The van der Waals surface area contributed by atoms with Gasteiger partial charge in [0.1, 0.15) is 0 Å². The van der Waals surface area contributed by atoms with Gasteiger partial charge >= 0.3 is 11.9 Å². The molecule has 5 rings (SSSR count). The van der Waals surface area contributed by atoms with Gasteiger partial charge in [0, 0.05) is 5.41 Å². The molecule has 5 fully saturated rings. The molecule has 1 saturated heterocycles. The van der Waals surface area contributed by atoms with Gasteiger partial charge in [0.05, 0.1) is 36.3 Å². The third-order valence-electron chi connectivity index (χ3n) is 13.3. The van der Waals surface area contributed by atoms with E-state index in [4.69, 9.17) is 9.47 Å². The molecule has 5 aliphatic rings. The van der Waals surface area contributed by atoms with Gasteiger partial charge in [0.25, 0.3) is 0 Å². The van der Waals surface area contributed by atoms with Crippen molar-refractivity contribution in [3.8, 4) is 0 Å². The topological polar surface area (TPSA) is 93.1 Å². The fourth-order valence-corrected chi connectivity index (χ4v) is 11.6. The molecule has 38 heavy (non-hydrogen) atoms. The van der Waals surface area contributed by atoms with Crippen molar-refractivity contribution >= 4 is 11.9 Å². The number of hydrogen-bond acceptors (Lipinski definition) is 5. The Labute approximate surface area is 228 Å². The number of carbonyl (C=O) groups is 2. The first-order chi connectivity index (χ1) is 17.6. The van der Waals surface area contributed by atoms with Gasteiger partial charge in [-0.3, -0.25) is 9.59 Å². The Morgan fingerprint density at radius 3 is 2.32 bits per heavy atom. The minimum atomic E-state index is -0.720. The first-order valence-corrected chi connectivity index (χ1v) is 15.0. The van der Waals surface area contributed by atoms with Crippen molar-refractivity contribution in [3.63, 3.8) is 0 Å². The maximum absolute atomic E-state index is 12.9. The number of allylic oxidation sites excluding steroid dienone is 1. The fourth-order valence-electron chi connectivity index (χ4n) is 11.6. The lowest BCUT2D eigenvalue weighted by Crippen LogP contribution is -2.69. The molecule has 6 heteroatoms. The van der Waals surface area contributed by atoms with Crippen LogP contribution in [0.4, 0.5) is 0 Å². The molecule has 0 unspecified atom stereocenters. The molecule has 0 aromatic carbocycles. The second-order valence-corrected chi connectivity index (χ2v) is 14.9. The summed E-state index contributed by atoms with van der Waals surface area (Å²) in [5, 5.41) is 22.8. The number of carboxylic acid groups (broad SMARTS) is 1. The average molecular weight is 531 g/mol. The summed E-state index contributed by atoms with van der Waals surface area (Å²) >= 11 is 0. The number of aliphatic hydroxyl groups excluding tert-OH is 1. The zero-order valence-corrected chi connectivity index (χ0v) is 24.6. The number of rotatable bonds is 5. The molecule has 2 N–H and O–H groups in total. The van der Waals surface area contributed by atoms with E-state index in [9.17, 15) is 19.8 Å². The first-order valence-electron chi connectivity index (χ1n) is 15.0. The van der Waals surface area contributed by atoms with E-state index in [-0.39, 0.29) is 64.3 Å². The molecule has 0 spiro atoms. The molecule has 214 valence electrons. The van der Waals surface area contributed by atoms with Crippen LogP contribution >= 0.6 is 0 Å². The summed E-state index contributed by atoms with van der Waals surface area (Å²) in [4.78, 5) is 25.6. The Morgan fingerprint density at radius 2 is 1.71 bits per heavy atom. The third-order valence-corrected chi connectivity index (χ3v) is 13.3. The van der Waals surface area contributed by atoms with E-state index in [1.807, 2.05) is 6.92 Å². The largest absolute Gasteiger partial charge is 0.481 e. The van der Waals surface area contributed by atoms with Crippen molar-refractivity contribution in [1.29, 1.82) is 0 Å². The molecule has 1 aliphatic heterocycles. The number of carbonyl (C=O) groups excluding carboxylic acids is 1. The van der Waals surface area contributed by atoms with E-state index in [1.165, 1.54) is 0 Å². The quantitative estimate of drug-likeness (QED) is 0.334. The van der Waals surface area contributed by atoms with Crippen LogP contribution in [0.25, 0.3) is 0 Å². The van der Waals surface area contributed by atoms with Crippen LogP contribution in [0.3, 0.4) is 0 Å². The first kappa shape index (κ1) is 28.1. The fraction of sp³-hybridized carbons (Fsp3) is 0.875. The molecule has 0 amide bonds. The smallest absolute Gasteiger partial charge is 0.309 e. The van der Waals surface area contributed by atoms with E-state index >= 15 is 0 Å². The van der Waals surface area contributed by atoms with Crippen LogP contribution in [0, 0.1) is 51.2 Å². The van der Waals surface area contributed by atoms with Crippen LogP contribution in [-0.2, 0) is 19.1 Å². The maximum Gasteiger partial charge on any atom is 0.309 e. The molecule has 11 atom stereocenters. The van der Waals surface area contributed by atoms with E-state index in [0.717, 1.165) is 31.3 Å². The highest BCUT2D eigenvalue weighted by molar-refractivity contribution is 5.76. The number of ether oxygens (including phenoxy) is 2. The maximum atomic E-state index is 12.9. The lowest BCUT2D eigenvalue weighted by molar-refractivity contribution is -0.254. The van der Waals surface area contributed by atoms with Gasteiger partial charge < -0.3 is 19.7 Å².